The van der Waals surface area contributed by atoms with Gasteiger partial charge >= 0.3 is 0 Å². The highest BCUT2D eigenvalue weighted by Gasteiger charge is 2.16. The summed E-state index contributed by atoms with van der Waals surface area (Å²) in [7, 11) is 0. The Morgan fingerprint density at radius 3 is 2.75 bits per heavy atom. The number of nitrogens with zero attached hydrogens (tertiary/aromatic N) is 4. The van der Waals surface area contributed by atoms with Crippen molar-refractivity contribution in [2.45, 2.75) is 26.3 Å². The van der Waals surface area contributed by atoms with Gasteiger partial charge in [-0.15, -0.1) is 0 Å². The highest BCUT2D eigenvalue weighted by Crippen LogP contribution is 2.09. The van der Waals surface area contributed by atoms with E-state index in [-0.39, 0.29) is 5.91 Å². The normalized spacial score (nSPS) is 10.2. The number of rotatable bonds is 6. The second kappa shape index (κ2) is 7.33. The minimum absolute atomic E-state index is 0.0165. The van der Waals surface area contributed by atoms with Crippen molar-refractivity contribution >= 4 is 5.91 Å². The lowest BCUT2D eigenvalue weighted by molar-refractivity contribution is 0.0740. The van der Waals surface area contributed by atoms with Crippen molar-refractivity contribution < 1.29 is 4.79 Å². The van der Waals surface area contributed by atoms with E-state index in [0.29, 0.717) is 12.1 Å². The van der Waals surface area contributed by atoms with Crippen LogP contribution in [0.3, 0.4) is 0 Å². The molecule has 20 heavy (non-hydrogen) atoms. The van der Waals surface area contributed by atoms with Crippen LogP contribution < -0.4 is 0 Å². The monoisotopic (exact) mass is 270 g/mol. The molecule has 2 rings (SSSR count). The lowest BCUT2D eigenvalue weighted by Crippen LogP contribution is -2.31. The van der Waals surface area contributed by atoms with Crippen LogP contribution in [0.5, 0.6) is 0 Å². The summed E-state index contributed by atoms with van der Waals surface area (Å²) in [6, 6.07) is 5.55. The molecule has 0 radical (unpaired) electrons. The van der Waals surface area contributed by atoms with Crippen LogP contribution in [-0.2, 0) is 6.54 Å². The number of carbonyl (C=O) groups is 1. The first-order valence-corrected chi connectivity index (χ1v) is 6.76. The SMILES string of the molecule is CCCCN(Cc1cccnc1)C(=O)c1ccnnc1. The highest BCUT2D eigenvalue weighted by molar-refractivity contribution is 5.93. The molecule has 0 saturated heterocycles. The number of hydrogen-bond donors (Lipinski definition) is 0. The van der Waals surface area contributed by atoms with Gasteiger partial charge in [0.2, 0.25) is 0 Å². The second-order valence-electron chi connectivity index (χ2n) is 4.57. The molecule has 104 valence electrons. The summed E-state index contributed by atoms with van der Waals surface area (Å²) in [5.41, 5.74) is 1.60. The van der Waals surface area contributed by atoms with Gasteiger partial charge in [0.1, 0.15) is 0 Å². The molecule has 2 aromatic rings. The second-order valence-corrected chi connectivity index (χ2v) is 4.57. The summed E-state index contributed by atoms with van der Waals surface area (Å²) in [6.07, 6.45) is 8.58. The third-order valence-electron chi connectivity index (χ3n) is 3.00. The lowest BCUT2D eigenvalue weighted by atomic mass is 10.2. The molecular formula is C15H18N4O. The fourth-order valence-corrected chi connectivity index (χ4v) is 1.91. The van der Waals surface area contributed by atoms with E-state index in [9.17, 15) is 4.79 Å². The van der Waals surface area contributed by atoms with E-state index in [2.05, 4.69) is 22.1 Å². The molecule has 5 heteroatoms. The van der Waals surface area contributed by atoms with Gasteiger partial charge in [-0.2, -0.15) is 10.2 Å². The molecule has 0 atom stereocenters. The van der Waals surface area contributed by atoms with E-state index in [1.54, 1.807) is 18.5 Å². The Bertz CT molecular complexity index is 530. The molecule has 0 saturated carbocycles. The predicted molar refractivity (Wildman–Crippen MR) is 75.9 cm³/mol. The van der Waals surface area contributed by atoms with E-state index in [1.807, 2.05) is 17.0 Å². The third-order valence-corrected chi connectivity index (χ3v) is 3.00. The van der Waals surface area contributed by atoms with Crippen molar-refractivity contribution in [2.75, 3.05) is 6.54 Å². The number of amides is 1. The maximum absolute atomic E-state index is 12.5. The Hall–Kier alpha value is -2.30. The highest BCUT2D eigenvalue weighted by atomic mass is 16.2. The van der Waals surface area contributed by atoms with E-state index in [4.69, 9.17) is 0 Å². The summed E-state index contributed by atoms with van der Waals surface area (Å²) in [5.74, 6) is -0.0165. The Kier molecular flexibility index (Phi) is 5.17. The Morgan fingerprint density at radius 1 is 1.20 bits per heavy atom. The van der Waals surface area contributed by atoms with Gasteiger partial charge in [-0.3, -0.25) is 9.78 Å². The predicted octanol–water partition coefficient (Wildman–Crippen LogP) is 2.31. The zero-order chi connectivity index (χ0) is 14.2. The summed E-state index contributed by atoms with van der Waals surface area (Å²) in [4.78, 5) is 18.4. The lowest BCUT2D eigenvalue weighted by Gasteiger charge is -2.22. The topological polar surface area (TPSA) is 59.0 Å². The fraction of sp³-hybridized carbons (Fsp3) is 0.333. The van der Waals surface area contributed by atoms with E-state index < -0.39 is 0 Å². The van der Waals surface area contributed by atoms with Crippen molar-refractivity contribution in [1.29, 1.82) is 0 Å². The molecule has 0 bridgehead atoms. The summed E-state index contributed by atoms with van der Waals surface area (Å²) in [6.45, 7) is 3.41. The molecule has 5 nitrogen and oxygen atoms in total. The van der Waals surface area contributed by atoms with Crippen LogP contribution in [0.2, 0.25) is 0 Å². The molecule has 2 aromatic heterocycles. The number of carbonyl (C=O) groups excluding carboxylic acids is 1. The number of hydrogen-bond acceptors (Lipinski definition) is 4. The Labute approximate surface area is 118 Å². The third kappa shape index (κ3) is 3.85. The molecule has 0 aliphatic rings. The van der Waals surface area contributed by atoms with Gasteiger partial charge in [-0.05, 0) is 24.1 Å². The average Bonchev–Trinajstić information content (AvgIpc) is 2.52. The van der Waals surface area contributed by atoms with Crippen LogP contribution in [0.25, 0.3) is 0 Å². The van der Waals surface area contributed by atoms with Crippen LogP contribution in [0.4, 0.5) is 0 Å². The minimum atomic E-state index is -0.0165. The van der Waals surface area contributed by atoms with Gasteiger partial charge < -0.3 is 4.90 Å². The van der Waals surface area contributed by atoms with Gasteiger partial charge in [0.25, 0.3) is 5.91 Å². The van der Waals surface area contributed by atoms with Crippen molar-refractivity contribution in [3.05, 3.63) is 54.1 Å². The molecule has 0 unspecified atom stereocenters. The van der Waals surface area contributed by atoms with Gasteiger partial charge in [0.15, 0.2) is 0 Å². The first-order chi connectivity index (χ1) is 9.81. The van der Waals surface area contributed by atoms with Gasteiger partial charge in [0, 0.05) is 25.5 Å². The number of aromatic nitrogens is 3. The standard InChI is InChI=1S/C15H18N4O/c1-2-3-9-19(12-13-5-4-7-16-10-13)15(20)14-6-8-17-18-11-14/h4-8,10-11H,2-3,9,12H2,1H3. The van der Waals surface area contributed by atoms with Crippen LogP contribution in [0, 0.1) is 0 Å². The summed E-state index contributed by atoms with van der Waals surface area (Å²) >= 11 is 0. The number of pyridine rings is 1. The van der Waals surface area contributed by atoms with Gasteiger partial charge in [-0.25, -0.2) is 0 Å². The van der Waals surface area contributed by atoms with Crippen LogP contribution in [-0.4, -0.2) is 32.5 Å². The molecular weight excluding hydrogens is 252 g/mol. The van der Waals surface area contributed by atoms with E-state index >= 15 is 0 Å². The summed E-state index contributed by atoms with van der Waals surface area (Å²) < 4.78 is 0. The van der Waals surface area contributed by atoms with Gasteiger partial charge in [-0.1, -0.05) is 19.4 Å². The number of unbranched alkanes of at least 4 members (excludes halogenated alkanes) is 1. The molecule has 0 aromatic carbocycles. The molecule has 0 aliphatic heterocycles. The smallest absolute Gasteiger partial charge is 0.255 e. The van der Waals surface area contributed by atoms with Crippen LogP contribution >= 0.6 is 0 Å². The molecule has 0 fully saturated rings. The van der Waals surface area contributed by atoms with E-state index in [1.165, 1.54) is 12.4 Å². The zero-order valence-electron chi connectivity index (χ0n) is 11.6. The first kappa shape index (κ1) is 14.1. The van der Waals surface area contributed by atoms with Crippen LogP contribution in [0.15, 0.2) is 43.0 Å². The maximum atomic E-state index is 12.5. The molecule has 1 amide bonds. The minimum Gasteiger partial charge on any atom is -0.334 e. The van der Waals surface area contributed by atoms with Crippen molar-refractivity contribution in [2.24, 2.45) is 0 Å². The molecule has 0 spiro atoms. The Balaban J connectivity index is 2.13. The molecule has 2 heterocycles. The van der Waals surface area contributed by atoms with Crippen molar-refractivity contribution in [3.8, 4) is 0 Å². The Morgan fingerprint density at radius 2 is 2.10 bits per heavy atom. The fourth-order valence-electron chi connectivity index (χ4n) is 1.91. The van der Waals surface area contributed by atoms with Crippen molar-refractivity contribution in [3.63, 3.8) is 0 Å². The molecule has 0 N–H and O–H groups in total. The average molecular weight is 270 g/mol. The van der Waals surface area contributed by atoms with Crippen molar-refractivity contribution in [1.82, 2.24) is 20.1 Å². The van der Waals surface area contributed by atoms with E-state index in [0.717, 1.165) is 24.9 Å². The largest absolute Gasteiger partial charge is 0.334 e. The van der Waals surface area contributed by atoms with Gasteiger partial charge in [0.05, 0.1) is 18.0 Å². The maximum Gasteiger partial charge on any atom is 0.255 e. The zero-order valence-corrected chi connectivity index (χ0v) is 11.6. The molecule has 0 aliphatic carbocycles. The quantitative estimate of drug-likeness (QED) is 0.808. The summed E-state index contributed by atoms with van der Waals surface area (Å²) in [5, 5.41) is 7.47. The first-order valence-electron chi connectivity index (χ1n) is 6.76. The van der Waals surface area contributed by atoms with Crippen LogP contribution in [0.1, 0.15) is 35.7 Å².